The van der Waals surface area contributed by atoms with Gasteiger partial charge in [-0.1, -0.05) is 28.8 Å². The fourth-order valence-corrected chi connectivity index (χ4v) is 3.85. The molecule has 18 heavy (non-hydrogen) atoms. The molecule has 1 fully saturated rings. The number of benzene rings is 1. The van der Waals surface area contributed by atoms with Gasteiger partial charge in [0.25, 0.3) is 0 Å². The average Bonchev–Trinajstić information content (AvgIpc) is 2.84. The van der Waals surface area contributed by atoms with Gasteiger partial charge in [0, 0.05) is 22.0 Å². The fraction of sp³-hybridized carbons (Fsp3) is 0.600. The molecule has 3 heteroatoms. The molecule has 0 saturated heterocycles. The van der Waals surface area contributed by atoms with Crippen LogP contribution < -0.4 is 5.73 Å². The maximum atomic E-state index is 10.6. The zero-order valence-electron chi connectivity index (χ0n) is 11.4. The Morgan fingerprint density at radius 3 is 2.17 bits per heavy atom. The number of halogens is 1. The number of phenols is 1. The van der Waals surface area contributed by atoms with Crippen molar-refractivity contribution in [3.05, 3.63) is 26.7 Å². The van der Waals surface area contributed by atoms with Gasteiger partial charge in [-0.25, -0.2) is 0 Å². The lowest BCUT2D eigenvalue weighted by Crippen LogP contribution is -2.33. The molecule has 1 saturated carbocycles. The summed E-state index contributed by atoms with van der Waals surface area (Å²) in [6, 6.07) is 0. The van der Waals surface area contributed by atoms with Crippen LogP contribution in [0.5, 0.6) is 5.75 Å². The molecule has 3 N–H and O–H groups in total. The first-order valence-electron chi connectivity index (χ1n) is 6.63. The summed E-state index contributed by atoms with van der Waals surface area (Å²) >= 11 is 3.66. The Hall–Kier alpha value is -0.540. The van der Waals surface area contributed by atoms with E-state index in [9.17, 15) is 5.11 Å². The van der Waals surface area contributed by atoms with Crippen LogP contribution in [0.4, 0.5) is 0 Å². The first kappa shape index (κ1) is 13.9. The molecule has 0 bridgehead atoms. The zero-order valence-corrected chi connectivity index (χ0v) is 13.0. The van der Waals surface area contributed by atoms with E-state index in [1.807, 2.05) is 13.8 Å². The van der Waals surface area contributed by atoms with Crippen LogP contribution in [0, 0.1) is 20.8 Å². The van der Waals surface area contributed by atoms with E-state index in [0.29, 0.717) is 12.3 Å². The molecule has 0 radical (unpaired) electrons. The summed E-state index contributed by atoms with van der Waals surface area (Å²) in [4.78, 5) is 0. The molecule has 0 aliphatic heterocycles. The van der Waals surface area contributed by atoms with Crippen LogP contribution in [0.3, 0.4) is 0 Å². The number of hydrogen-bond donors (Lipinski definition) is 2. The van der Waals surface area contributed by atoms with Crippen LogP contribution in [-0.2, 0) is 5.41 Å². The summed E-state index contributed by atoms with van der Waals surface area (Å²) < 4.78 is 1.12. The molecule has 0 amide bonds. The topological polar surface area (TPSA) is 46.2 Å². The molecule has 0 heterocycles. The Bertz CT molecular complexity index is 447. The summed E-state index contributed by atoms with van der Waals surface area (Å²) in [6.45, 7) is 6.73. The molecule has 2 nitrogen and oxygen atoms in total. The lowest BCUT2D eigenvalue weighted by molar-refractivity contribution is 0.400. The van der Waals surface area contributed by atoms with Gasteiger partial charge in [0.2, 0.25) is 0 Å². The third-order valence-electron chi connectivity index (χ3n) is 4.67. The molecule has 1 aliphatic carbocycles. The Morgan fingerprint density at radius 1 is 1.11 bits per heavy atom. The molecule has 0 atom stereocenters. The smallest absolute Gasteiger partial charge is 0.122 e. The SMILES string of the molecule is Cc1c(C)c(Br)c(C)c(C2(CN)CCCC2)c1O. The minimum atomic E-state index is -0.0187. The van der Waals surface area contributed by atoms with Crippen molar-refractivity contribution in [1.29, 1.82) is 0 Å². The van der Waals surface area contributed by atoms with Gasteiger partial charge in [0.15, 0.2) is 0 Å². The molecule has 0 aromatic heterocycles. The molecule has 100 valence electrons. The van der Waals surface area contributed by atoms with Gasteiger partial charge in [-0.15, -0.1) is 0 Å². The molecule has 2 rings (SSSR count). The number of rotatable bonds is 2. The van der Waals surface area contributed by atoms with Crippen molar-refractivity contribution >= 4 is 15.9 Å². The van der Waals surface area contributed by atoms with Crippen LogP contribution in [0.25, 0.3) is 0 Å². The van der Waals surface area contributed by atoms with Crippen molar-refractivity contribution in [3.63, 3.8) is 0 Å². The predicted molar refractivity (Wildman–Crippen MR) is 79.2 cm³/mol. The van der Waals surface area contributed by atoms with Crippen molar-refractivity contribution in [1.82, 2.24) is 0 Å². The van der Waals surface area contributed by atoms with Crippen LogP contribution >= 0.6 is 15.9 Å². The second-order valence-corrected chi connectivity index (χ2v) is 6.40. The normalized spacial score (nSPS) is 18.3. The highest BCUT2D eigenvalue weighted by atomic mass is 79.9. The van der Waals surface area contributed by atoms with Gasteiger partial charge in [-0.3, -0.25) is 0 Å². The van der Waals surface area contributed by atoms with E-state index in [2.05, 4.69) is 22.9 Å². The monoisotopic (exact) mass is 311 g/mol. The van der Waals surface area contributed by atoms with Gasteiger partial charge in [-0.2, -0.15) is 0 Å². The van der Waals surface area contributed by atoms with Crippen LogP contribution in [0.2, 0.25) is 0 Å². The standard InChI is InChI=1S/C15H22BrNO/c1-9-10(2)14(18)12(11(3)13(9)16)15(8-17)6-4-5-7-15/h18H,4-8,17H2,1-3H3. The largest absolute Gasteiger partial charge is 0.507 e. The average molecular weight is 312 g/mol. The Kier molecular flexibility index (Phi) is 3.75. The van der Waals surface area contributed by atoms with Crippen molar-refractivity contribution < 1.29 is 5.11 Å². The van der Waals surface area contributed by atoms with Crippen molar-refractivity contribution in [2.75, 3.05) is 6.54 Å². The van der Waals surface area contributed by atoms with Crippen molar-refractivity contribution in [3.8, 4) is 5.75 Å². The van der Waals surface area contributed by atoms with Crippen LogP contribution in [-0.4, -0.2) is 11.7 Å². The molecular weight excluding hydrogens is 290 g/mol. The van der Waals surface area contributed by atoms with Gasteiger partial charge in [0.1, 0.15) is 5.75 Å². The van der Waals surface area contributed by atoms with Gasteiger partial charge >= 0.3 is 0 Å². The number of nitrogens with two attached hydrogens (primary N) is 1. The van der Waals surface area contributed by atoms with E-state index in [1.54, 1.807) is 0 Å². The maximum absolute atomic E-state index is 10.6. The Morgan fingerprint density at radius 2 is 1.67 bits per heavy atom. The molecule has 1 aromatic carbocycles. The second-order valence-electron chi connectivity index (χ2n) is 5.60. The summed E-state index contributed by atoms with van der Waals surface area (Å²) in [6.07, 6.45) is 4.60. The minimum Gasteiger partial charge on any atom is -0.507 e. The third-order valence-corrected chi connectivity index (χ3v) is 5.86. The Labute approximate surface area is 118 Å². The maximum Gasteiger partial charge on any atom is 0.122 e. The molecular formula is C15H22BrNO. The summed E-state index contributed by atoms with van der Waals surface area (Å²) in [5.74, 6) is 0.459. The minimum absolute atomic E-state index is 0.0187. The van der Waals surface area contributed by atoms with E-state index in [0.717, 1.165) is 39.6 Å². The lowest BCUT2D eigenvalue weighted by atomic mass is 9.75. The van der Waals surface area contributed by atoms with E-state index < -0.39 is 0 Å². The molecule has 0 spiro atoms. The molecule has 0 unspecified atom stereocenters. The number of aromatic hydroxyl groups is 1. The van der Waals surface area contributed by atoms with Crippen LogP contribution in [0.15, 0.2) is 4.47 Å². The Balaban J connectivity index is 2.71. The van der Waals surface area contributed by atoms with E-state index >= 15 is 0 Å². The molecule has 1 aliphatic rings. The summed E-state index contributed by atoms with van der Waals surface area (Å²) in [5, 5.41) is 10.6. The first-order valence-corrected chi connectivity index (χ1v) is 7.42. The number of phenolic OH excluding ortho intramolecular Hbond substituents is 1. The van der Waals surface area contributed by atoms with Gasteiger partial charge < -0.3 is 10.8 Å². The molecule has 1 aromatic rings. The van der Waals surface area contributed by atoms with Crippen LogP contribution in [0.1, 0.15) is 47.9 Å². The zero-order chi connectivity index (χ0) is 13.5. The highest BCUT2D eigenvalue weighted by Crippen LogP contribution is 2.48. The van der Waals surface area contributed by atoms with E-state index in [-0.39, 0.29) is 5.41 Å². The first-order chi connectivity index (χ1) is 8.44. The highest BCUT2D eigenvalue weighted by Gasteiger charge is 2.38. The van der Waals surface area contributed by atoms with Gasteiger partial charge in [0.05, 0.1) is 0 Å². The fourth-order valence-electron chi connectivity index (χ4n) is 3.36. The van der Waals surface area contributed by atoms with Crippen molar-refractivity contribution in [2.24, 2.45) is 5.73 Å². The van der Waals surface area contributed by atoms with E-state index in [4.69, 9.17) is 5.73 Å². The second kappa shape index (κ2) is 4.86. The predicted octanol–water partition coefficient (Wildman–Crippen LogP) is 3.85. The highest BCUT2D eigenvalue weighted by molar-refractivity contribution is 9.10. The van der Waals surface area contributed by atoms with Gasteiger partial charge in [-0.05, 0) is 50.3 Å². The van der Waals surface area contributed by atoms with E-state index in [1.165, 1.54) is 12.8 Å². The summed E-state index contributed by atoms with van der Waals surface area (Å²) in [7, 11) is 0. The lowest BCUT2D eigenvalue weighted by Gasteiger charge is -2.32. The quantitative estimate of drug-likeness (QED) is 0.871. The third kappa shape index (κ3) is 1.88. The number of hydrogen-bond acceptors (Lipinski definition) is 2. The summed E-state index contributed by atoms with van der Waals surface area (Å²) in [5.41, 5.74) is 10.4. The van der Waals surface area contributed by atoms with Crippen molar-refractivity contribution in [2.45, 2.75) is 51.9 Å².